The van der Waals surface area contributed by atoms with Gasteiger partial charge in [-0.3, -0.25) is 5.43 Å². The molecule has 116 valence electrons. The summed E-state index contributed by atoms with van der Waals surface area (Å²) in [6, 6.07) is 8.60. The average molecular weight is 313 g/mol. The van der Waals surface area contributed by atoms with E-state index in [0.29, 0.717) is 11.3 Å². The first-order chi connectivity index (χ1) is 10.4. The Balaban J connectivity index is 1.93. The van der Waals surface area contributed by atoms with Crippen LogP contribution in [0.15, 0.2) is 34.9 Å². The minimum Gasteiger partial charge on any atom is -0.375 e. The molecule has 4 heteroatoms. The number of aryl methyl sites for hydroxylation is 1. The van der Waals surface area contributed by atoms with E-state index >= 15 is 0 Å². The molecular formula is C18H23N3S. The maximum Gasteiger partial charge on any atom is 0.184 e. The molecule has 4 rings (SSSR count). The summed E-state index contributed by atoms with van der Waals surface area (Å²) in [4.78, 5) is 0. The van der Waals surface area contributed by atoms with E-state index in [0.717, 1.165) is 18.1 Å². The molecular weight excluding hydrogens is 290 g/mol. The molecule has 0 amide bonds. The lowest BCUT2D eigenvalue weighted by Crippen LogP contribution is -2.54. The minimum atomic E-state index is 0.224. The number of nitrogens with zero attached hydrogens (tertiary/aromatic N) is 1. The first-order valence-electron chi connectivity index (χ1n) is 7.78. The van der Waals surface area contributed by atoms with Crippen LogP contribution >= 0.6 is 12.2 Å². The van der Waals surface area contributed by atoms with Crippen LogP contribution in [0.4, 0.5) is 0 Å². The quantitative estimate of drug-likeness (QED) is 0.647. The van der Waals surface area contributed by atoms with E-state index in [4.69, 9.17) is 18.0 Å². The normalized spacial score (nSPS) is 29.2. The molecule has 0 radical (unpaired) electrons. The lowest BCUT2D eigenvalue weighted by Gasteiger charge is -2.57. The lowest BCUT2D eigenvalue weighted by molar-refractivity contribution is 0.0141. The van der Waals surface area contributed by atoms with Crippen LogP contribution < -0.4 is 11.2 Å². The van der Waals surface area contributed by atoms with Gasteiger partial charge in [0.25, 0.3) is 0 Å². The van der Waals surface area contributed by atoms with Crippen LogP contribution in [0.3, 0.4) is 0 Å². The van der Waals surface area contributed by atoms with Crippen LogP contribution in [0.2, 0.25) is 0 Å². The van der Waals surface area contributed by atoms with Gasteiger partial charge in [0.05, 0.1) is 5.71 Å². The van der Waals surface area contributed by atoms with E-state index in [1.54, 1.807) is 0 Å². The highest BCUT2D eigenvalue weighted by Gasteiger charge is 2.54. The van der Waals surface area contributed by atoms with E-state index in [1.807, 2.05) is 0 Å². The zero-order valence-electron chi connectivity index (χ0n) is 13.4. The van der Waals surface area contributed by atoms with Crippen molar-refractivity contribution in [2.45, 2.75) is 33.6 Å². The summed E-state index contributed by atoms with van der Waals surface area (Å²) in [6.45, 7) is 6.78. The second-order valence-corrected chi connectivity index (χ2v) is 7.50. The SMILES string of the molecule is Cc1ccc(/C=C2\CC3CC(\C2=N\NC(N)=S)C3(C)C)cc1. The molecule has 3 aliphatic carbocycles. The zero-order chi connectivity index (χ0) is 15.9. The van der Waals surface area contributed by atoms with Gasteiger partial charge in [0, 0.05) is 5.92 Å². The summed E-state index contributed by atoms with van der Waals surface area (Å²) in [7, 11) is 0. The average Bonchev–Trinajstić information content (AvgIpc) is 2.47. The highest BCUT2D eigenvalue weighted by molar-refractivity contribution is 7.80. The number of hydrogen-bond donors (Lipinski definition) is 2. The molecule has 2 bridgehead atoms. The van der Waals surface area contributed by atoms with Crippen molar-refractivity contribution in [3.8, 4) is 0 Å². The highest BCUT2D eigenvalue weighted by atomic mass is 32.1. The smallest absolute Gasteiger partial charge is 0.184 e. The molecule has 0 aromatic heterocycles. The second kappa shape index (κ2) is 5.51. The number of thiocarbonyl (C=S) groups is 1. The van der Waals surface area contributed by atoms with Gasteiger partial charge in [0.1, 0.15) is 0 Å². The van der Waals surface area contributed by atoms with E-state index in [-0.39, 0.29) is 5.11 Å². The van der Waals surface area contributed by atoms with Crippen molar-refractivity contribution < 1.29 is 0 Å². The van der Waals surface area contributed by atoms with Gasteiger partial charge in [0.2, 0.25) is 0 Å². The number of rotatable bonds is 2. The first kappa shape index (κ1) is 15.2. The van der Waals surface area contributed by atoms with Crippen LogP contribution in [-0.4, -0.2) is 10.8 Å². The molecule has 0 spiro atoms. The number of nitrogens with two attached hydrogens (primary N) is 1. The minimum absolute atomic E-state index is 0.224. The number of benzene rings is 1. The Morgan fingerprint density at radius 1 is 1.36 bits per heavy atom. The molecule has 2 atom stereocenters. The van der Waals surface area contributed by atoms with Crippen molar-refractivity contribution in [1.29, 1.82) is 0 Å². The zero-order valence-corrected chi connectivity index (χ0v) is 14.2. The summed E-state index contributed by atoms with van der Waals surface area (Å²) >= 11 is 4.90. The van der Waals surface area contributed by atoms with Crippen molar-refractivity contribution >= 4 is 29.1 Å². The van der Waals surface area contributed by atoms with Crippen molar-refractivity contribution in [1.82, 2.24) is 5.43 Å². The van der Waals surface area contributed by atoms with Gasteiger partial charge in [0.15, 0.2) is 5.11 Å². The third-order valence-corrected chi connectivity index (χ3v) is 5.39. The third-order valence-electron chi connectivity index (χ3n) is 5.30. The fraction of sp³-hybridized carbons (Fsp3) is 0.444. The van der Waals surface area contributed by atoms with Gasteiger partial charge in [-0.15, -0.1) is 0 Å². The van der Waals surface area contributed by atoms with Crippen molar-refractivity contribution in [3.63, 3.8) is 0 Å². The van der Waals surface area contributed by atoms with Gasteiger partial charge in [-0.1, -0.05) is 43.7 Å². The van der Waals surface area contributed by atoms with Gasteiger partial charge in [-0.25, -0.2) is 0 Å². The summed E-state index contributed by atoms with van der Waals surface area (Å²) in [6.07, 6.45) is 4.55. The lowest BCUT2D eigenvalue weighted by atomic mass is 9.47. The van der Waals surface area contributed by atoms with Crippen LogP contribution in [0.25, 0.3) is 6.08 Å². The van der Waals surface area contributed by atoms with Crippen molar-refractivity contribution in [2.75, 3.05) is 0 Å². The molecule has 22 heavy (non-hydrogen) atoms. The number of allylic oxidation sites excluding steroid dienone is 1. The molecule has 3 aliphatic rings. The standard InChI is InChI=1S/C18H23N3S/c1-11-4-6-12(7-5-11)8-13-9-14-10-15(18(14,2)3)16(13)20-21-17(19)22/h4-8,14-15H,9-10H2,1-3H3,(H3,19,21,22)/b13-8+,20-16+. The molecule has 3 N–H and O–H groups in total. The Morgan fingerprint density at radius 3 is 2.64 bits per heavy atom. The summed E-state index contributed by atoms with van der Waals surface area (Å²) in [5, 5.41) is 4.75. The molecule has 0 saturated heterocycles. The fourth-order valence-corrected chi connectivity index (χ4v) is 3.73. The van der Waals surface area contributed by atoms with Crippen molar-refractivity contribution in [2.24, 2.45) is 28.1 Å². The van der Waals surface area contributed by atoms with Crippen LogP contribution in [0.5, 0.6) is 0 Å². The molecule has 3 nitrogen and oxygen atoms in total. The Hall–Kier alpha value is -1.68. The molecule has 1 aromatic rings. The van der Waals surface area contributed by atoms with Gasteiger partial charge in [-0.2, -0.15) is 5.10 Å². The first-order valence-corrected chi connectivity index (χ1v) is 8.19. The molecule has 2 unspecified atom stereocenters. The largest absolute Gasteiger partial charge is 0.375 e. The number of hydrazone groups is 1. The van der Waals surface area contributed by atoms with E-state index in [1.165, 1.54) is 23.1 Å². The summed E-state index contributed by atoms with van der Waals surface area (Å²) < 4.78 is 0. The van der Waals surface area contributed by atoms with Crippen LogP contribution in [0, 0.1) is 24.2 Å². The van der Waals surface area contributed by atoms with Gasteiger partial charge in [-0.05, 0) is 60.5 Å². The Morgan fingerprint density at radius 2 is 2.05 bits per heavy atom. The number of fused-ring (bicyclic) bond motifs is 2. The molecule has 3 fully saturated rings. The fourth-order valence-electron chi connectivity index (χ4n) is 3.68. The third kappa shape index (κ3) is 2.68. The second-order valence-electron chi connectivity index (χ2n) is 7.06. The maximum absolute atomic E-state index is 5.54. The molecule has 0 aliphatic heterocycles. The number of hydrogen-bond acceptors (Lipinski definition) is 2. The predicted octanol–water partition coefficient (Wildman–Crippen LogP) is 3.63. The predicted molar refractivity (Wildman–Crippen MR) is 96.5 cm³/mol. The van der Waals surface area contributed by atoms with Gasteiger partial charge < -0.3 is 5.73 Å². The summed E-state index contributed by atoms with van der Waals surface area (Å²) in [5.41, 5.74) is 13.6. The summed E-state index contributed by atoms with van der Waals surface area (Å²) in [5.74, 6) is 1.24. The van der Waals surface area contributed by atoms with E-state index in [2.05, 4.69) is 61.6 Å². The van der Waals surface area contributed by atoms with Gasteiger partial charge >= 0.3 is 0 Å². The maximum atomic E-state index is 5.54. The van der Waals surface area contributed by atoms with Crippen molar-refractivity contribution in [3.05, 3.63) is 41.0 Å². The molecule has 0 heterocycles. The van der Waals surface area contributed by atoms with Crippen LogP contribution in [-0.2, 0) is 0 Å². The highest BCUT2D eigenvalue weighted by Crippen LogP contribution is 2.59. The number of nitrogens with one attached hydrogen (secondary N) is 1. The Labute approximate surface area is 137 Å². The van der Waals surface area contributed by atoms with Crippen LogP contribution in [0.1, 0.15) is 37.8 Å². The monoisotopic (exact) mass is 313 g/mol. The Kier molecular flexibility index (Phi) is 3.81. The molecule has 3 saturated carbocycles. The van der Waals surface area contributed by atoms with E-state index in [9.17, 15) is 0 Å². The van der Waals surface area contributed by atoms with E-state index < -0.39 is 0 Å². The Bertz CT molecular complexity index is 655. The molecule has 1 aromatic carbocycles. The topological polar surface area (TPSA) is 50.4 Å².